The molecule has 0 radical (unpaired) electrons. The van der Waals surface area contributed by atoms with Crippen molar-refractivity contribution in [2.24, 2.45) is 0 Å². The van der Waals surface area contributed by atoms with E-state index in [4.69, 9.17) is 11.6 Å². The zero-order chi connectivity index (χ0) is 16.7. The van der Waals surface area contributed by atoms with Crippen LogP contribution in [0.2, 0.25) is 5.02 Å². The summed E-state index contributed by atoms with van der Waals surface area (Å²) in [5, 5.41) is 11.4. The van der Waals surface area contributed by atoms with E-state index in [0.717, 1.165) is 6.42 Å². The minimum absolute atomic E-state index is 0.0975. The molecule has 0 unspecified atom stereocenters. The summed E-state index contributed by atoms with van der Waals surface area (Å²) < 4.78 is 0. The third-order valence-corrected chi connectivity index (χ3v) is 4.63. The summed E-state index contributed by atoms with van der Waals surface area (Å²) in [4.78, 5) is 16.4. The first-order chi connectivity index (χ1) is 10.1. The van der Waals surface area contributed by atoms with Crippen LogP contribution < -0.4 is 4.90 Å². The molecule has 1 fully saturated rings. The highest BCUT2D eigenvalue weighted by molar-refractivity contribution is 6.30. The van der Waals surface area contributed by atoms with E-state index in [1.54, 1.807) is 31.2 Å². The number of urea groups is 1. The number of carbonyl (C=O) groups excluding carboxylic acids is 1. The van der Waals surface area contributed by atoms with Gasteiger partial charge in [0.2, 0.25) is 0 Å². The largest absolute Gasteiger partial charge is 0.371 e. The molecule has 2 atom stereocenters. The van der Waals surface area contributed by atoms with Crippen molar-refractivity contribution >= 4 is 23.3 Å². The number of halogens is 1. The Morgan fingerprint density at radius 3 is 2.55 bits per heavy atom. The molecule has 0 spiro atoms. The van der Waals surface area contributed by atoms with Gasteiger partial charge in [-0.2, -0.15) is 0 Å². The van der Waals surface area contributed by atoms with Crippen LogP contribution in [-0.4, -0.2) is 33.3 Å². The molecule has 1 aromatic carbocycles. The van der Waals surface area contributed by atoms with E-state index in [-0.39, 0.29) is 12.1 Å². The molecule has 2 amide bonds. The lowest BCUT2D eigenvalue weighted by Crippen LogP contribution is -2.69. The van der Waals surface area contributed by atoms with Crippen molar-refractivity contribution in [3.8, 4) is 0 Å². The molecule has 1 aliphatic rings. The van der Waals surface area contributed by atoms with Crippen LogP contribution in [0.15, 0.2) is 24.3 Å². The molecule has 2 rings (SSSR count). The summed E-state index contributed by atoms with van der Waals surface area (Å²) >= 11 is 6.05. The van der Waals surface area contributed by atoms with Crippen LogP contribution in [0.3, 0.4) is 0 Å². The molecule has 5 heteroatoms. The Morgan fingerprint density at radius 1 is 1.36 bits per heavy atom. The van der Waals surface area contributed by atoms with Gasteiger partial charge in [-0.25, -0.2) is 4.79 Å². The van der Waals surface area contributed by atoms with Crippen LogP contribution in [0, 0.1) is 0 Å². The molecular weight excluding hydrogens is 300 g/mol. The van der Waals surface area contributed by atoms with E-state index < -0.39 is 11.3 Å². The average molecular weight is 325 g/mol. The first kappa shape index (κ1) is 17.1. The standard InChI is InChI=1S/C17H25ClN2O2/c1-6-12(2)19-15(21)20(14-9-7-8-13(18)10-14)17(5,22)11-16(19,3)4/h7-10,12,22H,6,11H2,1-5H3/t12-,17+/m0/s1. The highest BCUT2D eigenvalue weighted by Crippen LogP contribution is 2.40. The number of anilines is 1. The normalized spacial score (nSPS) is 26.2. The van der Waals surface area contributed by atoms with Crippen LogP contribution in [0.1, 0.15) is 47.5 Å². The zero-order valence-corrected chi connectivity index (χ0v) is 14.7. The lowest BCUT2D eigenvalue weighted by Gasteiger charge is -2.55. The van der Waals surface area contributed by atoms with Gasteiger partial charge >= 0.3 is 6.03 Å². The topological polar surface area (TPSA) is 43.8 Å². The molecule has 4 nitrogen and oxygen atoms in total. The van der Waals surface area contributed by atoms with Gasteiger partial charge in [0, 0.05) is 28.7 Å². The van der Waals surface area contributed by atoms with Gasteiger partial charge in [0.25, 0.3) is 0 Å². The molecule has 0 saturated carbocycles. The number of hydrogen-bond acceptors (Lipinski definition) is 2. The quantitative estimate of drug-likeness (QED) is 0.903. The molecule has 0 aromatic heterocycles. The van der Waals surface area contributed by atoms with Gasteiger partial charge in [0.15, 0.2) is 0 Å². The van der Waals surface area contributed by atoms with E-state index >= 15 is 0 Å². The van der Waals surface area contributed by atoms with Gasteiger partial charge in [0.1, 0.15) is 5.72 Å². The smallest absolute Gasteiger partial charge is 0.327 e. The van der Waals surface area contributed by atoms with Gasteiger partial charge < -0.3 is 10.0 Å². The number of nitrogens with zero attached hydrogens (tertiary/aromatic N) is 2. The fourth-order valence-corrected chi connectivity index (χ4v) is 3.71. The molecule has 1 aromatic rings. The van der Waals surface area contributed by atoms with Crippen molar-refractivity contribution in [3.63, 3.8) is 0 Å². The monoisotopic (exact) mass is 324 g/mol. The first-order valence-corrected chi connectivity index (χ1v) is 8.09. The van der Waals surface area contributed by atoms with Crippen LogP contribution in [0.25, 0.3) is 0 Å². The van der Waals surface area contributed by atoms with E-state index in [2.05, 4.69) is 6.92 Å². The maximum Gasteiger partial charge on any atom is 0.327 e. The molecule has 0 bridgehead atoms. The molecular formula is C17H25ClN2O2. The van der Waals surface area contributed by atoms with Crippen molar-refractivity contribution in [2.75, 3.05) is 4.90 Å². The third-order valence-electron chi connectivity index (χ3n) is 4.40. The Kier molecular flexibility index (Phi) is 4.46. The molecule has 22 heavy (non-hydrogen) atoms. The first-order valence-electron chi connectivity index (χ1n) is 7.71. The van der Waals surface area contributed by atoms with Gasteiger partial charge in [0.05, 0.1) is 0 Å². The summed E-state index contributed by atoms with van der Waals surface area (Å²) in [6.45, 7) is 9.78. The van der Waals surface area contributed by atoms with Gasteiger partial charge in [-0.1, -0.05) is 24.6 Å². The minimum atomic E-state index is -1.25. The predicted octanol–water partition coefficient (Wildman–Crippen LogP) is 4.26. The van der Waals surface area contributed by atoms with Crippen LogP contribution in [0.4, 0.5) is 10.5 Å². The lowest BCUT2D eigenvalue weighted by molar-refractivity contribution is -0.0358. The van der Waals surface area contributed by atoms with Crippen LogP contribution in [-0.2, 0) is 0 Å². The Labute approximate surface area is 137 Å². The van der Waals surface area contributed by atoms with E-state index in [1.165, 1.54) is 4.90 Å². The number of aliphatic hydroxyl groups is 1. The van der Waals surface area contributed by atoms with Crippen LogP contribution >= 0.6 is 11.6 Å². The fourth-order valence-electron chi connectivity index (χ4n) is 3.53. The summed E-state index contributed by atoms with van der Waals surface area (Å²) in [6.07, 6.45) is 1.32. The van der Waals surface area contributed by atoms with Crippen molar-refractivity contribution in [1.82, 2.24) is 4.90 Å². The fraction of sp³-hybridized carbons (Fsp3) is 0.588. The summed E-state index contributed by atoms with van der Waals surface area (Å²) in [7, 11) is 0. The Hall–Kier alpha value is -1.26. The second kappa shape index (κ2) is 5.74. The number of carbonyl (C=O) groups is 1. The Bertz CT molecular complexity index is 572. The summed E-state index contributed by atoms with van der Waals surface area (Å²) in [5.74, 6) is 0. The molecule has 1 aliphatic heterocycles. The SMILES string of the molecule is CC[C@H](C)N1C(=O)N(c2cccc(Cl)c2)[C@](C)(O)CC1(C)C. The maximum atomic E-state index is 13.1. The third kappa shape index (κ3) is 2.95. The minimum Gasteiger partial charge on any atom is -0.371 e. The van der Waals surface area contributed by atoms with Crippen molar-refractivity contribution in [1.29, 1.82) is 0 Å². The molecule has 0 aliphatic carbocycles. The second-order valence-corrected chi connectivity index (χ2v) is 7.37. The van der Waals surface area contributed by atoms with Gasteiger partial charge in [-0.05, 0) is 52.3 Å². The van der Waals surface area contributed by atoms with Crippen LogP contribution in [0.5, 0.6) is 0 Å². The molecule has 1 heterocycles. The van der Waals surface area contributed by atoms with E-state index in [1.807, 2.05) is 25.7 Å². The van der Waals surface area contributed by atoms with Crippen molar-refractivity contribution in [3.05, 3.63) is 29.3 Å². The highest BCUT2D eigenvalue weighted by Gasteiger charge is 2.51. The number of rotatable bonds is 3. The summed E-state index contributed by atoms with van der Waals surface area (Å²) in [6, 6.07) is 6.96. The molecule has 1 saturated heterocycles. The predicted molar refractivity (Wildman–Crippen MR) is 90.2 cm³/mol. The van der Waals surface area contributed by atoms with Crippen molar-refractivity contribution < 1.29 is 9.90 Å². The highest BCUT2D eigenvalue weighted by atomic mass is 35.5. The zero-order valence-electron chi connectivity index (χ0n) is 13.9. The number of amides is 2. The Balaban J connectivity index is 2.50. The average Bonchev–Trinajstić information content (AvgIpc) is 2.35. The maximum absolute atomic E-state index is 13.1. The summed E-state index contributed by atoms with van der Waals surface area (Å²) in [5.41, 5.74) is -1.05. The number of benzene rings is 1. The van der Waals surface area contributed by atoms with Crippen molar-refractivity contribution in [2.45, 2.75) is 64.8 Å². The number of hydrogen-bond donors (Lipinski definition) is 1. The molecule has 1 N–H and O–H groups in total. The lowest BCUT2D eigenvalue weighted by atomic mass is 9.86. The second-order valence-electron chi connectivity index (χ2n) is 6.93. The van der Waals surface area contributed by atoms with Gasteiger partial charge in [-0.15, -0.1) is 0 Å². The van der Waals surface area contributed by atoms with E-state index in [0.29, 0.717) is 17.1 Å². The van der Waals surface area contributed by atoms with Gasteiger partial charge in [-0.3, -0.25) is 4.90 Å². The molecule has 122 valence electrons. The Morgan fingerprint density at radius 2 is 2.00 bits per heavy atom. The van der Waals surface area contributed by atoms with E-state index in [9.17, 15) is 9.90 Å².